The molecule has 0 spiro atoms. The van der Waals surface area contributed by atoms with Gasteiger partial charge in [-0.15, -0.1) is 0 Å². The number of carbonyl (C=O) groups is 3. The number of nitrogens with zero attached hydrogens (tertiary/aromatic N) is 3. The van der Waals surface area contributed by atoms with Crippen LogP contribution in [-0.4, -0.2) is 78.9 Å². The number of hydrogen-bond donors (Lipinski definition) is 0. The van der Waals surface area contributed by atoms with Gasteiger partial charge in [-0.05, 0) is 25.2 Å². The molecule has 2 rings (SSSR count). The summed E-state index contributed by atoms with van der Waals surface area (Å²) in [6.07, 6.45) is -1.06. The van der Waals surface area contributed by atoms with Crippen molar-refractivity contribution in [2.75, 3.05) is 39.8 Å². The van der Waals surface area contributed by atoms with Crippen LogP contribution in [0.15, 0.2) is 30.3 Å². The van der Waals surface area contributed by atoms with Gasteiger partial charge in [0.15, 0.2) is 0 Å². The molecule has 0 saturated carbocycles. The maximum absolute atomic E-state index is 12.7. The molecule has 27 heavy (non-hydrogen) atoms. The summed E-state index contributed by atoms with van der Waals surface area (Å²) in [5.74, 6) is -1.86. The zero-order valence-electron chi connectivity index (χ0n) is 15.8. The van der Waals surface area contributed by atoms with Crippen molar-refractivity contribution in [1.29, 1.82) is 0 Å². The number of amides is 2. The van der Waals surface area contributed by atoms with Gasteiger partial charge in [0.05, 0.1) is 6.54 Å². The third-order valence-electron chi connectivity index (χ3n) is 4.20. The molecule has 0 aliphatic carbocycles. The van der Waals surface area contributed by atoms with Crippen LogP contribution in [0, 0.1) is 0 Å². The van der Waals surface area contributed by atoms with Crippen molar-refractivity contribution in [3.8, 4) is 5.75 Å². The van der Waals surface area contributed by atoms with E-state index in [9.17, 15) is 14.4 Å². The normalized spacial score (nSPS) is 18.1. The molecule has 1 aliphatic rings. The van der Waals surface area contributed by atoms with Crippen LogP contribution >= 0.6 is 0 Å². The average Bonchev–Trinajstić information content (AvgIpc) is 2.69. The minimum atomic E-state index is -1.24. The van der Waals surface area contributed by atoms with Crippen LogP contribution in [0.25, 0.3) is 0 Å². The number of likely N-dealkylation sites (N-methyl/N-ethyl adjacent to an activating group) is 2. The maximum Gasteiger partial charge on any atom is 0.441 e. The van der Waals surface area contributed by atoms with E-state index in [1.165, 1.54) is 11.9 Å². The summed E-state index contributed by atoms with van der Waals surface area (Å²) in [5.41, 5.74) is 0. The van der Waals surface area contributed by atoms with E-state index in [-0.39, 0.29) is 13.2 Å². The van der Waals surface area contributed by atoms with Crippen LogP contribution in [0.5, 0.6) is 5.75 Å². The predicted octanol–water partition coefficient (Wildman–Crippen LogP) is 1.10. The van der Waals surface area contributed by atoms with E-state index in [0.717, 1.165) is 18.2 Å². The third kappa shape index (κ3) is 5.58. The zero-order chi connectivity index (χ0) is 19.8. The first-order valence-corrected chi connectivity index (χ1v) is 8.83. The van der Waals surface area contributed by atoms with Crippen molar-refractivity contribution in [2.24, 2.45) is 0 Å². The molecule has 1 fully saturated rings. The first kappa shape index (κ1) is 20.5. The van der Waals surface area contributed by atoms with Gasteiger partial charge < -0.3 is 19.2 Å². The van der Waals surface area contributed by atoms with E-state index in [0.29, 0.717) is 12.3 Å². The Hall–Kier alpha value is -2.81. The quantitative estimate of drug-likeness (QED) is 0.494. The second-order valence-corrected chi connectivity index (χ2v) is 5.89. The summed E-state index contributed by atoms with van der Waals surface area (Å²) in [6.45, 7) is 6.08. The number of benzene rings is 1. The highest BCUT2D eigenvalue weighted by atomic mass is 16.7. The van der Waals surface area contributed by atoms with Crippen molar-refractivity contribution < 1.29 is 28.7 Å². The van der Waals surface area contributed by atoms with Crippen molar-refractivity contribution >= 4 is 18.0 Å². The number of rotatable bonds is 8. The Labute approximate surface area is 158 Å². The van der Waals surface area contributed by atoms with Crippen LogP contribution in [0.2, 0.25) is 0 Å². The molecule has 1 unspecified atom stereocenters. The van der Waals surface area contributed by atoms with E-state index < -0.39 is 24.2 Å². The number of ether oxygens (including phenoxy) is 2. The number of para-hydroxylation sites is 1. The van der Waals surface area contributed by atoms with Gasteiger partial charge in [-0.25, -0.2) is 14.4 Å². The number of hydrogen-bond acceptors (Lipinski definition) is 7. The number of hydroxylamine groups is 2. The molecule has 2 amide bonds. The van der Waals surface area contributed by atoms with E-state index >= 15 is 0 Å². The zero-order valence-corrected chi connectivity index (χ0v) is 15.8. The Morgan fingerprint density at radius 2 is 1.74 bits per heavy atom. The first-order valence-electron chi connectivity index (χ1n) is 8.83. The van der Waals surface area contributed by atoms with E-state index in [1.807, 2.05) is 19.9 Å². The smallest absolute Gasteiger partial charge is 0.441 e. The molecule has 9 nitrogen and oxygen atoms in total. The summed E-state index contributed by atoms with van der Waals surface area (Å²) in [5, 5.41) is 0.886. The lowest BCUT2D eigenvalue weighted by Gasteiger charge is -2.34. The highest BCUT2D eigenvalue weighted by molar-refractivity contribution is 6.29. The summed E-state index contributed by atoms with van der Waals surface area (Å²) in [4.78, 5) is 44.6. The predicted molar refractivity (Wildman–Crippen MR) is 95.6 cm³/mol. The number of cyclic esters (lactones) is 1. The fraction of sp³-hybridized carbons (Fsp3) is 0.500. The molecule has 1 saturated heterocycles. The standard InChI is InChI=1S/C18H25N3O6/c1-4-20(5-2)11-12-21-18(24)19(3)15(26-16(22)17(23)27-21)13-25-14-9-7-6-8-10-14/h6-10,15H,4-5,11-13H2,1-3H3. The monoisotopic (exact) mass is 379 g/mol. The van der Waals surface area contributed by atoms with Crippen LogP contribution < -0.4 is 4.74 Å². The maximum atomic E-state index is 12.7. The van der Waals surface area contributed by atoms with Gasteiger partial charge in [-0.3, -0.25) is 4.90 Å². The van der Waals surface area contributed by atoms with Gasteiger partial charge in [-0.1, -0.05) is 32.0 Å². The molecule has 0 N–H and O–H groups in total. The van der Waals surface area contributed by atoms with Gasteiger partial charge >= 0.3 is 18.0 Å². The molecular weight excluding hydrogens is 354 g/mol. The van der Waals surface area contributed by atoms with Gasteiger partial charge in [-0.2, -0.15) is 5.06 Å². The fourth-order valence-electron chi connectivity index (χ4n) is 2.47. The molecule has 0 bridgehead atoms. The third-order valence-corrected chi connectivity index (χ3v) is 4.20. The minimum Gasteiger partial charge on any atom is -0.488 e. The van der Waals surface area contributed by atoms with Crippen LogP contribution in [0.1, 0.15) is 13.8 Å². The molecule has 0 radical (unpaired) electrons. The first-order chi connectivity index (χ1) is 13.0. The number of urea groups is 1. The molecule has 1 aromatic carbocycles. The number of carbonyl (C=O) groups excluding carboxylic acids is 3. The molecular formula is C18H25N3O6. The van der Waals surface area contributed by atoms with Gasteiger partial charge in [0.2, 0.25) is 6.23 Å². The molecule has 0 aromatic heterocycles. The Morgan fingerprint density at radius 3 is 2.37 bits per heavy atom. The number of esters is 1. The molecule has 1 aliphatic heterocycles. The lowest BCUT2D eigenvalue weighted by molar-refractivity contribution is -0.206. The Morgan fingerprint density at radius 1 is 1.07 bits per heavy atom. The second kappa shape index (κ2) is 9.77. The lowest BCUT2D eigenvalue weighted by atomic mass is 10.3. The van der Waals surface area contributed by atoms with Gasteiger partial charge in [0, 0.05) is 13.6 Å². The SMILES string of the molecule is CCN(CC)CCN1OC(=O)C(=O)OC(COc2ccccc2)N(C)C1=O. The van der Waals surface area contributed by atoms with Crippen molar-refractivity contribution in [3.05, 3.63) is 30.3 Å². The molecule has 9 heteroatoms. The van der Waals surface area contributed by atoms with Crippen molar-refractivity contribution in [2.45, 2.75) is 20.1 Å². The van der Waals surface area contributed by atoms with E-state index in [2.05, 4.69) is 4.90 Å². The Kier molecular flexibility index (Phi) is 7.42. The largest absolute Gasteiger partial charge is 0.488 e. The Bertz CT molecular complexity index is 650. The molecule has 1 aromatic rings. The van der Waals surface area contributed by atoms with Gasteiger partial charge in [0.1, 0.15) is 12.4 Å². The second-order valence-electron chi connectivity index (χ2n) is 5.89. The summed E-state index contributed by atoms with van der Waals surface area (Å²) < 4.78 is 10.6. The summed E-state index contributed by atoms with van der Waals surface area (Å²) in [6, 6.07) is 8.29. The highest BCUT2D eigenvalue weighted by Gasteiger charge is 2.37. The lowest BCUT2D eigenvalue weighted by Crippen LogP contribution is -2.55. The van der Waals surface area contributed by atoms with E-state index in [4.69, 9.17) is 14.3 Å². The van der Waals surface area contributed by atoms with Gasteiger partial charge in [0.25, 0.3) is 0 Å². The average molecular weight is 379 g/mol. The highest BCUT2D eigenvalue weighted by Crippen LogP contribution is 2.14. The van der Waals surface area contributed by atoms with Crippen molar-refractivity contribution in [3.63, 3.8) is 0 Å². The Balaban J connectivity index is 2.07. The topological polar surface area (TPSA) is 88.6 Å². The van der Waals surface area contributed by atoms with E-state index in [1.54, 1.807) is 24.3 Å². The van der Waals surface area contributed by atoms with Crippen LogP contribution in [-0.2, 0) is 19.2 Å². The summed E-state index contributed by atoms with van der Waals surface area (Å²) >= 11 is 0. The van der Waals surface area contributed by atoms with Crippen LogP contribution in [0.4, 0.5) is 4.79 Å². The fourth-order valence-corrected chi connectivity index (χ4v) is 2.47. The molecule has 1 atom stereocenters. The van der Waals surface area contributed by atoms with Crippen LogP contribution in [0.3, 0.4) is 0 Å². The van der Waals surface area contributed by atoms with Crippen molar-refractivity contribution in [1.82, 2.24) is 14.9 Å². The molecule has 1 heterocycles. The summed E-state index contributed by atoms with van der Waals surface area (Å²) in [7, 11) is 1.46. The minimum absolute atomic E-state index is 0.116. The molecule has 148 valence electrons.